The van der Waals surface area contributed by atoms with Crippen LogP contribution in [0.4, 0.5) is 15.0 Å². The largest absolute Gasteiger partial charge is 0.484 e. The standard InChI is InChI=1S/C28H34FN7O2/c1-16(2)26-33-32-24-12-8-18(15-36(24)26)38-22-11-10-21(20-13-17(29)7-9-19(20)22)30-27(37)31-25-14-23(28(3,4)5)34-35(25)6/h7-9,12-16,21-22H,10-11H2,1-6H3,(H2,30,31,37)/t21-,22+/m0/s1. The second-order valence-corrected chi connectivity index (χ2v) is 11.2. The fraction of sp³-hybridized carbons (Fsp3) is 0.429. The average Bonchev–Trinajstić information content (AvgIpc) is 3.44. The van der Waals surface area contributed by atoms with E-state index in [9.17, 15) is 9.18 Å². The molecule has 0 saturated heterocycles. The third kappa shape index (κ3) is 5.07. The highest BCUT2D eigenvalue weighted by molar-refractivity contribution is 5.88. The number of halogens is 1. The van der Waals surface area contributed by atoms with Crippen LogP contribution in [0.3, 0.4) is 0 Å². The number of ether oxygens (including phenoxy) is 1. The van der Waals surface area contributed by atoms with Gasteiger partial charge >= 0.3 is 6.03 Å². The summed E-state index contributed by atoms with van der Waals surface area (Å²) in [7, 11) is 1.79. The number of urea groups is 1. The van der Waals surface area contributed by atoms with Gasteiger partial charge in [-0.05, 0) is 48.2 Å². The highest BCUT2D eigenvalue weighted by Crippen LogP contribution is 2.39. The fourth-order valence-corrected chi connectivity index (χ4v) is 4.82. The molecule has 38 heavy (non-hydrogen) atoms. The number of aryl methyl sites for hydroxylation is 1. The van der Waals surface area contributed by atoms with E-state index >= 15 is 0 Å². The number of aromatic nitrogens is 5. The number of rotatable bonds is 5. The maximum absolute atomic E-state index is 14.3. The average molecular weight is 520 g/mol. The van der Waals surface area contributed by atoms with E-state index in [-0.39, 0.29) is 35.3 Å². The van der Waals surface area contributed by atoms with Crippen LogP contribution in [0.15, 0.2) is 42.6 Å². The van der Waals surface area contributed by atoms with E-state index in [0.717, 1.165) is 22.7 Å². The number of benzene rings is 1. The molecule has 0 bridgehead atoms. The minimum absolute atomic E-state index is 0.141. The van der Waals surface area contributed by atoms with E-state index < -0.39 is 0 Å². The van der Waals surface area contributed by atoms with Crippen LogP contribution in [-0.4, -0.2) is 30.4 Å². The zero-order valence-electron chi connectivity index (χ0n) is 22.6. The van der Waals surface area contributed by atoms with E-state index in [1.165, 1.54) is 12.1 Å². The lowest BCUT2D eigenvalue weighted by Crippen LogP contribution is -2.36. The maximum Gasteiger partial charge on any atom is 0.320 e. The molecular formula is C28H34FN7O2. The monoisotopic (exact) mass is 519 g/mol. The van der Waals surface area contributed by atoms with Crippen molar-refractivity contribution in [1.29, 1.82) is 0 Å². The molecule has 0 saturated carbocycles. The molecule has 1 aliphatic carbocycles. The first-order valence-electron chi connectivity index (χ1n) is 12.9. The molecule has 1 aromatic carbocycles. The van der Waals surface area contributed by atoms with Gasteiger partial charge < -0.3 is 10.1 Å². The molecule has 9 nitrogen and oxygen atoms in total. The second-order valence-electron chi connectivity index (χ2n) is 11.2. The number of hydrogen-bond acceptors (Lipinski definition) is 5. The van der Waals surface area contributed by atoms with Crippen molar-refractivity contribution in [2.75, 3.05) is 5.32 Å². The molecule has 0 unspecified atom stereocenters. The number of nitrogens with one attached hydrogen (secondary N) is 2. The van der Waals surface area contributed by atoms with Gasteiger partial charge in [0.2, 0.25) is 0 Å². The summed E-state index contributed by atoms with van der Waals surface area (Å²) in [6.07, 6.45) is 2.86. The molecule has 2 amide bonds. The molecule has 10 heteroatoms. The summed E-state index contributed by atoms with van der Waals surface area (Å²) in [6.45, 7) is 10.3. The normalized spacial score (nSPS) is 17.5. The maximum atomic E-state index is 14.3. The number of fused-ring (bicyclic) bond motifs is 2. The van der Waals surface area contributed by atoms with Gasteiger partial charge in [0, 0.05) is 24.4 Å². The van der Waals surface area contributed by atoms with Gasteiger partial charge in [-0.2, -0.15) is 5.10 Å². The van der Waals surface area contributed by atoms with Gasteiger partial charge in [-0.1, -0.05) is 40.7 Å². The lowest BCUT2D eigenvalue weighted by atomic mass is 9.85. The molecule has 1 aliphatic rings. The third-order valence-electron chi connectivity index (χ3n) is 6.88. The SMILES string of the molecule is CC(C)c1nnc2ccc(O[C@@H]3CC[C@H](NC(=O)Nc4cc(C(C)(C)C)nn4C)c4cc(F)ccc43)cn12. The van der Waals surface area contributed by atoms with Crippen molar-refractivity contribution < 1.29 is 13.9 Å². The first-order valence-corrected chi connectivity index (χ1v) is 12.9. The molecule has 5 rings (SSSR count). The lowest BCUT2D eigenvalue weighted by molar-refractivity contribution is 0.171. The summed E-state index contributed by atoms with van der Waals surface area (Å²) < 4.78 is 24.3. The molecule has 2 N–H and O–H groups in total. The molecule has 0 radical (unpaired) electrons. The van der Waals surface area contributed by atoms with Crippen LogP contribution in [0, 0.1) is 5.82 Å². The van der Waals surface area contributed by atoms with E-state index in [1.54, 1.807) is 17.8 Å². The van der Waals surface area contributed by atoms with E-state index in [1.807, 2.05) is 28.8 Å². The minimum atomic E-state index is -0.368. The Bertz CT molecular complexity index is 1480. The Labute approximate surface area is 221 Å². The van der Waals surface area contributed by atoms with Gasteiger partial charge in [-0.25, -0.2) is 9.18 Å². The number of carbonyl (C=O) groups is 1. The summed E-state index contributed by atoms with van der Waals surface area (Å²) in [5.41, 5.74) is 3.06. The summed E-state index contributed by atoms with van der Waals surface area (Å²) in [5.74, 6) is 1.98. The van der Waals surface area contributed by atoms with Crippen LogP contribution in [0.25, 0.3) is 5.65 Å². The second kappa shape index (κ2) is 9.74. The van der Waals surface area contributed by atoms with Crippen LogP contribution >= 0.6 is 0 Å². The predicted octanol–water partition coefficient (Wildman–Crippen LogP) is 5.80. The summed E-state index contributed by atoms with van der Waals surface area (Å²) in [4.78, 5) is 12.9. The third-order valence-corrected chi connectivity index (χ3v) is 6.88. The van der Waals surface area contributed by atoms with Crippen LogP contribution < -0.4 is 15.4 Å². The smallest absolute Gasteiger partial charge is 0.320 e. The number of pyridine rings is 1. The molecule has 200 valence electrons. The molecule has 4 aromatic rings. The molecule has 2 atom stereocenters. The van der Waals surface area contributed by atoms with Crippen molar-refractivity contribution in [1.82, 2.24) is 29.7 Å². The predicted molar refractivity (Wildman–Crippen MR) is 143 cm³/mol. The molecule has 3 aromatic heterocycles. The van der Waals surface area contributed by atoms with Gasteiger partial charge in [-0.15, -0.1) is 10.2 Å². The molecule has 3 heterocycles. The van der Waals surface area contributed by atoms with Crippen molar-refractivity contribution >= 4 is 17.5 Å². The van der Waals surface area contributed by atoms with Crippen molar-refractivity contribution in [2.45, 2.75) is 70.9 Å². The van der Waals surface area contributed by atoms with Gasteiger partial charge in [0.05, 0.1) is 17.9 Å². The molecule has 0 fully saturated rings. The Morgan fingerprint density at radius 2 is 1.89 bits per heavy atom. The lowest BCUT2D eigenvalue weighted by Gasteiger charge is -2.32. The van der Waals surface area contributed by atoms with E-state index in [2.05, 4.69) is 60.5 Å². The van der Waals surface area contributed by atoms with Crippen molar-refractivity contribution in [3.63, 3.8) is 0 Å². The van der Waals surface area contributed by atoms with Crippen LogP contribution in [-0.2, 0) is 12.5 Å². The van der Waals surface area contributed by atoms with Crippen molar-refractivity contribution in [3.05, 3.63) is 71.1 Å². The van der Waals surface area contributed by atoms with Gasteiger partial charge in [0.25, 0.3) is 0 Å². The first-order chi connectivity index (χ1) is 18.0. The Kier molecular flexibility index (Phi) is 6.58. The quantitative estimate of drug-likeness (QED) is 0.347. The molecule has 0 aliphatic heterocycles. The molecular weight excluding hydrogens is 485 g/mol. The van der Waals surface area contributed by atoms with Gasteiger partial charge in [0.15, 0.2) is 5.65 Å². The van der Waals surface area contributed by atoms with Crippen molar-refractivity contribution in [2.24, 2.45) is 7.05 Å². The number of carbonyl (C=O) groups excluding carboxylic acids is 1. The Balaban J connectivity index is 1.34. The Hall–Kier alpha value is -3.95. The number of anilines is 1. The topological polar surface area (TPSA) is 98.4 Å². The highest BCUT2D eigenvalue weighted by Gasteiger charge is 2.30. The highest BCUT2D eigenvalue weighted by atomic mass is 19.1. The minimum Gasteiger partial charge on any atom is -0.484 e. The zero-order chi connectivity index (χ0) is 27.2. The summed E-state index contributed by atoms with van der Waals surface area (Å²) >= 11 is 0. The van der Waals surface area contributed by atoms with Crippen molar-refractivity contribution in [3.8, 4) is 5.75 Å². The van der Waals surface area contributed by atoms with E-state index in [0.29, 0.717) is 30.0 Å². The fourth-order valence-electron chi connectivity index (χ4n) is 4.82. The zero-order valence-corrected chi connectivity index (χ0v) is 22.6. The first kappa shape index (κ1) is 25.7. The summed E-state index contributed by atoms with van der Waals surface area (Å²) in [5, 5.41) is 18.9. The molecule has 0 spiro atoms. The number of hydrogen-bond donors (Lipinski definition) is 2. The van der Waals surface area contributed by atoms with E-state index in [4.69, 9.17) is 4.74 Å². The van der Waals surface area contributed by atoms with Gasteiger partial charge in [-0.3, -0.25) is 14.4 Å². The van der Waals surface area contributed by atoms with Crippen LogP contribution in [0.1, 0.15) is 88.2 Å². The number of amides is 2. The van der Waals surface area contributed by atoms with Crippen LogP contribution in [0.2, 0.25) is 0 Å². The van der Waals surface area contributed by atoms with Crippen LogP contribution in [0.5, 0.6) is 5.75 Å². The summed E-state index contributed by atoms with van der Waals surface area (Å²) in [6, 6.07) is 9.55. The Morgan fingerprint density at radius 3 is 2.61 bits per heavy atom. The Morgan fingerprint density at radius 1 is 1.11 bits per heavy atom. The number of nitrogens with zero attached hydrogens (tertiary/aromatic N) is 5. The van der Waals surface area contributed by atoms with Gasteiger partial charge in [0.1, 0.15) is 29.3 Å².